The van der Waals surface area contributed by atoms with Crippen molar-refractivity contribution in [3.05, 3.63) is 46.6 Å². The second kappa shape index (κ2) is 8.41. The van der Waals surface area contributed by atoms with Crippen molar-refractivity contribution in [3.63, 3.8) is 0 Å². The largest absolute Gasteiger partial charge is 0.0819 e. The summed E-state index contributed by atoms with van der Waals surface area (Å²) in [6, 6.07) is 0. The van der Waals surface area contributed by atoms with Crippen LogP contribution >= 0.6 is 0 Å². The van der Waals surface area contributed by atoms with Gasteiger partial charge in [-0.05, 0) is 64.7 Å². The van der Waals surface area contributed by atoms with Crippen molar-refractivity contribution >= 4 is 0 Å². The van der Waals surface area contributed by atoms with Crippen molar-refractivity contribution in [2.45, 2.75) is 80.1 Å². The van der Waals surface area contributed by atoms with Gasteiger partial charge in [0.25, 0.3) is 0 Å². The van der Waals surface area contributed by atoms with Gasteiger partial charge in [-0.1, -0.05) is 67.4 Å². The van der Waals surface area contributed by atoms with Crippen LogP contribution in [0.3, 0.4) is 0 Å². The summed E-state index contributed by atoms with van der Waals surface area (Å²) >= 11 is 0. The average Bonchev–Trinajstić information content (AvgIpc) is 2.37. The van der Waals surface area contributed by atoms with E-state index in [0.29, 0.717) is 5.41 Å². The van der Waals surface area contributed by atoms with Gasteiger partial charge in [-0.15, -0.1) is 0 Å². The summed E-state index contributed by atoms with van der Waals surface area (Å²) in [5.41, 5.74) is 6.62. The maximum Gasteiger partial charge on any atom is -0.0142 e. The molecular weight excluding hydrogens is 252 g/mol. The van der Waals surface area contributed by atoms with Gasteiger partial charge in [-0.25, -0.2) is 0 Å². The molecule has 0 heterocycles. The highest BCUT2D eigenvalue weighted by Crippen LogP contribution is 2.42. The van der Waals surface area contributed by atoms with E-state index in [0.717, 1.165) is 6.42 Å². The Kier molecular flexibility index (Phi) is 7.22. The second-order valence-electron chi connectivity index (χ2n) is 7.22. The second-order valence-corrected chi connectivity index (χ2v) is 7.22. The van der Waals surface area contributed by atoms with Crippen LogP contribution < -0.4 is 0 Å². The Morgan fingerprint density at radius 3 is 2.57 bits per heavy atom. The molecule has 0 bridgehead atoms. The molecule has 0 saturated carbocycles. The van der Waals surface area contributed by atoms with Crippen molar-refractivity contribution < 1.29 is 0 Å². The van der Waals surface area contributed by atoms with Crippen molar-refractivity contribution in [1.29, 1.82) is 0 Å². The zero-order valence-corrected chi connectivity index (χ0v) is 15.1. The Morgan fingerprint density at radius 1 is 1.24 bits per heavy atom. The summed E-state index contributed by atoms with van der Waals surface area (Å²) in [6.45, 7) is 13.8. The van der Waals surface area contributed by atoms with Gasteiger partial charge in [0, 0.05) is 0 Å². The highest BCUT2D eigenvalue weighted by Gasteiger charge is 2.27. The third kappa shape index (κ3) is 6.08. The number of hydrogen-bond donors (Lipinski definition) is 0. The lowest BCUT2D eigenvalue weighted by molar-refractivity contribution is 0.354. The van der Waals surface area contributed by atoms with E-state index in [9.17, 15) is 0 Å². The van der Waals surface area contributed by atoms with Gasteiger partial charge in [0.2, 0.25) is 0 Å². The van der Waals surface area contributed by atoms with Crippen LogP contribution in [-0.2, 0) is 0 Å². The highest BCUT2D eigenvalue weighted by molar-refractivity contribution is 5.25. The first kappa shape index (κ1) is 18.0. The monoisotopic (exact) mass is 286 g/mol. The van der Waals surface area contributed by atoms with E-state index in [2.05, 4.69) is 65.8 Å². The van der Waals surface area contributed by atoms with Crippen LogP contribution in [0.25, 0.3) is 0 Å². The SMILES string of the molecule is CC/C=C(C)/C=C/C=C(\C)CCC1=C(C)CCCC1(C)C. The fourth-order valence-electron chi connectivity index (χ4n) is 3.39. The van der Waals surface area contributed by atoms with Crippen LogP contribution in [0.5, 0.6) is 0 Å². The van der Waals surface area contributed by atoms with Crippen molar-refractivity contribution in [2.24, 2.45) is 5.41 Å². The smallest absolute Gasteiger partial charge is 0.0142 e. The lowest BCUT2D eigenvalue weighted by atomic mass is 9.71. The molecule has 0 nitrogen and oxygen atoms in total. The molecule has 1 aliphatic carbocycles. The molecule has 0 amide bonds. The molecule has 0 N–H and O–H groups in total. The molecule has 1 aliphatic rings. The van der Waals surface area contributed by atoms with Gasteiger partial charge in [0.05, 0.1) is 0 Å². The molecule has 0 aromatic heterocycles. The minimum atomic E-state index is 0.416. The summed E-state index contributed by atoms with van der Waals surface area (Å²) in [5, 5.41) is 0. The minimum absolute atomic E-state index is 0.416. The first-order valence-corrected chi connectivity index (χ1v) is 8.56. The van der Waals surface area contributed by atoms with Gasteiger partial charge < -0.3 is 0 Å². The van der Waals surface area contributed by atoms with E-state index in [1.165, 1.54) is 43.3 Å². The molecule has 0 saturated heterocycles. The van der Waals surface area contributed by atoms with E-state index in [1.807, 2.05) is 0 Å². The maximum absolute atomic E-state index is 2.42. The van der Waals surface area contributed by atoms with Gasteiger partial charge >= 0.3 is 0 Å². The molecule has 1 rings (SSSR count). The Bertz CT molecular complexity index is 452. The van der Waals surface area contributed by atoms with Gasteiger partial charge in [-0.2, -0.15) is 0 Å². The summed E-state index contributed by atoms with van der Waals surface area (Å²) in [7, 11) is 0. The summed E-state index contributed by atoms with van der Waals surface area (Å²) in [4.78, 5) is 0. The van der Waals surface area contributed by atoms with Crippen LogP contribution in [0.2, 0.25) is 0 Å². The molecule has 118 valence electrons. The van der Waals surface area contributed by atoms with Crippen LogP contribution in [0, 0.1) is 5.41 Å². The Labute approximate surface area is 132 Å². The predicted octanol–water partition coefficient (Wildman–Crippen LogP) is 7.15. The van der Waals surface area contributed by atoms with Gasteiger partial charge in [0.1, 0.15) is 0 Å². The van der Waals surface area contributed by atoms with E-state index in [-0.39, 0.29) is 0 Å². The molecule has 0 radical (unpaired) electrons. The molecule has 0 fully saturated rings. The predicted molar refractivity (Wildman–Crippen MR) is 96.5 cm³/mol. The molecule has 0 aromatic carbocycles. The van der Waals surface area contributed by atoms with E-state index in [1.54, 1.807) is 11.1 Å². The zero-order valence-electron chi connectivity index (χ0n) is 15.1. The molecule has 0 spiro atoms. The summed E-state index contributed by atoms with van der Waals surface area (Å²) in [5.74, 6) is 0. The van der Waals surface area contributed by atoms with Crippen LogP contribution in [0.4, 0.5) is 0 Å². The summed E-state index contributed by atoms with van der Waals surface area (Å²) in [6.07, 6.45) is 16.5. The Balaban J connectivity index is 2.60. The molecule has 21 heavy (non-hydrogen) atoms. The topological polar surface area (TPSA) is 0 Å². The third-order valence-electron chi connectivity index (χ3n) is 4.72. The number of hydrogen-bond acceptors (Lipinski definition) is 0. The van der Waals surface area contributed by atoms with E-state index >= 15 is 0 Å². The Morgan fingerprint density at radius 2 is 1.95 bits per heavy atom. The lowest BCUT2D eigenvalue weighted by Crippen LogP contribution is -2.20. The molecule has 0 unspecified atom stereocenters. The minimum Gasteiger partial charge on any atom is -0.0819 e. The van der Waals surface area contributed by atoms with E-state index in [4.69, 9.17) is 0 Å². The van der Waals surface area contributed by atoms with Crippen molar-refractivity contribution in [2.75, 3.05) is 0 Å². The molecule has 0 aliphatic heterocycles. The fourth-order valence-corrected chi connectivity index (χ4v) is 3.39. The maximum atomic E-state index is 2.42. The molecule has 0 heteroatoms. The quantitative estimate of drug-likeness (QED) is 0.359. The average molecular weight is 287 g/mol. The standard InChI is InChI=1S/C21H34/c1-7-10-17(2)11-8-12-18(3)14-15-20-19(4)13-9-16-21(20,5)6/h8,10-12H,7,9,13-16H2,1-6H3/b11-8+,17-10+,18-12+. The lowest BCUT2D eigenvalue weighted by Gasteiger charge is -2.34. The fraction of sp³-hybridized carbons (Fsp3) is 0.619. The normalized spacial score (nSPS) is 20.5. The van der Waals surface area contributed by atoms with Crippen LogP contribution in [-0.4, -0.2) is 0 Å². The molecule has 0 atom stereocenters. The van der Waals surface area contributed by atoms with Gasteiger partial charge in [-0.3, -0.25) is 0 Å². The molecular formula is C21H34. The number of allylic oxidation sites excluding steroid dienone is 8. The molecule has 0 aromatic rings. The van der Waals surface area contributed by atoms with Crippen LogP contribution in [0.15, 0.2) is 46.6 Å². The van der Waals surface area contributed by atoms with Crippen molar-refractivity contribution in [3.8, 4) is 0 Å². The highest BCUT2D eigenvalue weighted by atomic mass is 14.3. The number of rotatable bonds is 6. The third-order valence-corrected chi connectivity index (χ3v) is 4.72. The summed E-state index contributed by atoms with van der Waals surface area (Å²) < 4.78 is 0. The van der Waals surface area contributed by atoms with Crippen LogP contribution in [0.1, 0.15) is 80.1 Å². The van der Waals surface area contributed by atoms with Crippen molar-refractivity contribution in [1.82, 2.24) is 0 Å². The van der Waals surface area contributed by atoms with Gasteiger partial charge in [0.15, 0.2) is 0 Å². The first-order chi connectivity index (χ1) is 9.86. The zero-order chi connectivity index (χ0) is 15.9. The Hall–Kier alpha value is -1.04. The first-order valence-electron chi connectivity index (χ1n) is 8.56. The van der Waals surface area contributed by atoms with E-state index < -0.39 is 0 Å².